The van der Waals surface area contributed by atoms with Gasteiger partial charge in [-0.25, -0.2) is 0 Å². The first-order valence-electron chi connectivity index (χ1n) is 6.27. The maximum Gasteiger partial charge on any atom is 0.251 e. The van der Waals surface area contributed by atoms with Crippen molar-refractivity contribution < 1.29 is 4.79 Å². The quantitative estimate of drug-likeness (QED) is 0.794. The molecule has 17 heavy (non-hydrogen) atoms. The zero-order valence-electron chi connectivity index (χ0n) is 10.7. The summed E-state index contributed by atoms with van der Waals surface area (Å²) < 4.78 is 0. The van der Waals surface area contributed by atoms with E-state index in [0.717, 1.165) is 24.8 Å². The molecule has 0 radical (unpaired) electrons. The van der Waals surface area contributed by atoms with E-state index in [1.807, 2.05) is 31.2 Å². The van der Waals surface area contributed by atoms with Crippen molar-refractivity contribution in [2.24, 2.45) is 5.73 Å². The predicted octanol–water partition coefficient (Wildman–Crippen LogP) is 2.45. The van der Waals surface area contributed by atoms with Crippen molar-refractivity contribution in [3.8, 4) is 0 Å². The highest BCUT2D eigenvalue weighted by Gasteiger charge is 2.08. The second-order valence-corrected chi connectivity index (χ2v) is 4.42. The molecule has 0 heterocycles. The average Bonchev–Trinajstić information content (AvgIpc) is 2.36. The smallest absolute Gasteiger partial charge is 0.251 e. The van der Waals surface area contributed by atoms with Gasteiger partial charge in [0.05, 0.1) is 0 Å². The fourth-order valence-electron chi connectivity index (χ4n) is 1.68. The Balaban J connectivity index is 2.51. The molecule has 94 valence electrons. The molecule has 0 aromatic heterocycles. The van der Waals surface area contributed by atoms with E-state index >= 15 is 0 Å². The first kappa shape index (κ1) is 13.7. The molecule has 0 fully saturated rings. The number of hydrogen-bond donors (Lipinski definition) is 2. The van der Waals surface area contributed by atoms with Crippen molar-refractivity contribution >= 4 is 5.91 Å². The molecule has 3 heteroatoms. The van der Waals surface area contributed by atoms with Crippen molar-refractivity contribution in [1.29, 1.82) is 0 Å². The summed E-state index contributed by atoms with van der Waals surface area (Å²) in [7, 11) is 0. The number of amides is 1. The summed E-state index contributed by atoms with van der Waals surface area (Å²) in [5.41, 5.74) is 7.25. The molecule has 0 bridgehead atoms. The van der Waals surface area contributed by atoms with Crippen LogP contribution in [0.5, 0.6) is 0 Å². The average molecular weight is 234 g/mol. The number of hydrogen-bond acceptors (Lipinski definition) is 2. The minimum atomic E-state index is -0.00262. The van der Waals surface area contributed by atoms with Gasteiger partial charge in [0.2, 0.25) is 0 Å². The summed E-state index contributed by atoms with van der Waals surface area (Å²) >= 11 is 0. The molecule has 1 amide bonds. The van der Waals surface area contributed by atoms with Gasteiger partial charge < -0.3 is 11.1 Å². The van der Waals surface area contributed by atoms with Crippen molar-refractivity contribution in [1.82, 2.24) is 5.32 Å². The van der Waals surface area contributed by atoms with Gasteiger partial charge in [0.25, 0.3) is 5.91 Å². The standard InChI is InChI=1S/C14H22N2O/c1-3-4-5-11(2)16-14(17)13-8-6-12(10-15)7-9-13/h6-9,11H,3-5,10,15H2,1-2H3,(H,16,17). The largest absolute Gasteiger partial charge is 0.350 e. The number of carbonyl (C=O) groups is 1. The van der Waals surface area contributed by atoms with Gasteiger partial charge in [-0.05, 0) is 31.0 Å². The number of nitrogens with two attached hydrogens (primary N) is 1. The van der Waals surface area contributed by atoms with Crippen LogP contribution in [-0.4, -0.2) is 11.9 Å². The van der Waals surface area contributed by atoms with Gasteiger partial charge >= 0.3 is 0 Å². The van der Waals surface area contributed by atoms with Crippen LogP contribution >= 0.6 is 0 Å². The minimum Gasteiger partial charge on any atom is -0.350 e. The molecule has 0 saturated heterocycles. The van der Waals surface area contributed by atoms with E-state index < -0.39 is 0 Å². The topological polar surface area (TPSA) is 55.1 Å². The molecule has 3 N–H and O–H groups in total. The first-order chi connectivity index (χ1) is 8.17. The number of rotatable bonds is 6. The van der Waals surface area contributed by atoms with E-state index in [0.29, 0.717) is 12.1 Å². The number of nitrogens with one attached hydrogen (secondary N) is 1. The summed E-state index contributed by atoms with van der Waals surface area (Å²) in [5, 5.41) is 3.00. The van der Waals surface area contributed by atoms with E-state index in [1.165, 1.54) is 0 Å². The van der Waals surface area contributed by atoms with Crippen molar-refractivity contribution in [3.05, 3.63) is 35.4 Å². The zero-order chi connectivity index (χ0) is 12.7. The van der Waals surface area contributed by atoms with Crippen molar-refractivity contribution in [2.45, 2.75) is 45.7 Å². The van der Waals surface area contributed by atoms with Crippen LogP contribution < -0.4 is 11.1 Å². The van der Waals surface area contributed by atoms with Gasteiger partial charge in [-0.15, -0.1) is 0 Å². The lowest BCUT2D eigenvalue weighted by atomic mass is 10.1. The molecule has 1 aromatic carbocycles. The van der Waals surface area contributed by atoms with Gasteiger partial charge in [0, 0.05) is 18.2 Å². The van der Waals surface area contributed by atoms with Gasteiger partial charge in [-0.3, -0.25) is 4.79 Å². The normalized spacial score (nSPS) is 12.2. The van der Waals surface area contributed by atoms with Crippen LogP contribution in [-0.2, 0) is 6.54 Å². The van der Waals surface area contributed by atoms with Crippen molar-refractivity contribution in [3.63, 3.8) is 0 Å². The molecule has 0 spiro atoms. The van der Waals surface area contributed by atoms with Gasteiger partial charge in [-0.2, -0.15) is 0 Å². The summed E-state index contributed by atoms with van der Waals surface area (Å²) in [4.78, 5) is 11.9. The summed E-state index contributed by atoms with van der Waals surface area (Å²) in [5.74, 6) is -0.00262. The third-order valence-corrected chi connectivity index (χ3v) is 2.82. The van der Waals surface area contributed by atoms with E-state index in [-0.39, 0.29) is 11.9 Å². The van der Waals surface area contributed by atoms with E-state index in [2.05, 4.69) is 12.2 Å². The Morgan fingerprint density at radius 3 is 2.53 bits per heavy atom. The van der Waals surface area contributed by atoms with Crippen LogP contribution in [0.3, 0.4) is 0 Å². The fourth-order valence-corrected chi connectivity index (χ4v) is 1.68. The van der Waals surface area contributed by atoms with Crippen LogP contribution in [0.4, 0.5) is 0 Å². The molecule has 0 aliphatic rings. The monoisotopic (exact) mass is 234 g/mol. The third kappa shape index (κ3) is 4.57. The Hall–Kier alpha value is -1.35. The SMILES string of the molecule is CCCCC(C)NC(=O)c1ccc(CN)cc1. The zero-order valence-corrected chi connectivity index (χ0v) is 10.7. The number of carbonyl (C=O) groups excluding carboxylic acids is 1. The van der Waals surface area contributed by atoms with Gasteiger partial charge in [-0.1, -0.05) is 31.9 Å². The number of unbranched alkanes of at least 4 members (excludes halogenated alkanes) is 1. The third-order valence-electron chi connectivity index (χ3n) is 2.82. The highest BCUT2D eigenvalue weighted by Crippen LogP contribution is 2.05. The Bertz CT molecular complexity index is 346. The van der Waals surface area contributed by atoms with Crippen LogP contribution in [0.1, 0.15) is 49.0 Å². The van der Waals surface area contributed by atoms with Gasteiger partial charge in [0.15, 0.2) is 0 Å². The van der Waals surface area contributed by atoms with Crippen LogP contribution in [0, 0.1) is 0 Å². The second-order valence-electron chi connectivity index (χ2n) is 4.42. The van der Waals surface area contributed by atoms with Gasteiger partial charge in [0.1, 0.15) is 0 Å². The lowest BCUT2D eigenvalue weighted by Gasteiger charge is -2.13. The fraction of sp³-hybridized carbons (Fsp3) is 0.500. The Morgan fingerprint density at radius 1 is 1.35 bits per heavy atom. The highest BCUT2D eigenvalue weighted by molar-refractivity contribution is 5.94. The lowest BCUT2D eigenvalue weighted by molar-refractivity contribution is 0.0938. The minimum absolute atomic E-state index is 0.00262. The predicted molar refractivity (Wildman–Crippen MR) is 70.8 cm³/mol. The number of benzene rings is 1. The first-order valence-corrected chi connectivity index (χ1v) is 6.27. The molecule has 1 atom stereocenters. The summed E-state index contributed by atoms with van der Waals surface area (Å²) in [6.45, 7) is 4.71. The van der Waals surface area contributed by atoms with E-state index in [9.17, 15) is 4.79 Å². The second kappa shape index (κ2) is 7.07. The van der Waals surface area contributed by atoms with Crippen LogP contribution in [0.15, 0.2) is 24.3 Å². The van der Waals surface area contributed by atoms with Crippen LogP contribution in [0.2, 0.25) is 0 Å². The Kier molecular flexibility index (Phi) is 5.70. The molecule has 0 aliphatic heterocycles. The summed E-state index contributed by atoms with van der Waals surface area (Å²) in [6.07, 6.45) is 3.34. The molecule has 0 aliphatic carbocycles. The lowest BCUT2D eigenvalue weighted by Crippen LogP contribution is -2.32. The molecule has 3 nitrogen and oxygen atoms in total. The van der Waals surface area contributed by atoms with E-state index in [1.54, 1.807) is 0 Å². The summed E-state index contributed by atoms with van der Waals surface area (Å²) in [6, 6.07) is 7.67. The molecular weight excluding hydrogens is 212 g/mol. The maximum absolute atomic E-state index is 11.9. The molecule has 1 aromatic rings. The van der Waals surface area contributed by atoms with Crippen LogP contribution in [0.25, 0.3) is 0 Å². The van der Waals surface area contributed by atoms with E-state index in [4.69, 9.17) is 5.73 Å². The Morgan fingerprint density at radius 2 is 2.00 bits per heavy atom. The molecule has 0 saturated carbocycles. The molecule has 1 unspecified atom stereocenters. The molecular formula is C14H22N2O. The Labute approximate surface area is 103 Å². The molecule has 1 rings (SSSR count). The highest BCUT2D eigenvalue weighted by atomic mass is 16.1. The van der Waals surface area contributed by atoms with Crippen molar-refractivity contribution in [2.75, 3.05) is 0 Å². The maximum atomic E-state index is 11.9.